The summed E-state index contributed by atoms with van der Waals surface area (Å²) in [6.45, 7) is 2.32. The van der Waals surface area contributed by atoms with E-state index in [0.717, 1.165) is 6.42 Å². The topological polar surface area (TPSA) is 46.2 Å². The summed E-state index contributed by atoms with van der Waals surface area (Å²) in [6.07, 6.45) is -2.39. The first-order valence-electron chi connectivity index (χ1n) is 5.36. The van der Waals surface area contributed by atoms with E-state index in [2.05, 4.69) is 0 Å². The molecule has 0 fully saturated rings. The Balaban J connectivity index is 2.80. The van der Waals surface area contributed by atoms with Crippen LogP contribution in [0.4, 0.5) is 8.78 Å². The number of hydrogen-bond donors (Lipinski definition) is 2. The molecule has 0 aliphatic carbocycles. The molecule has 4 heteroatoms. The molecule has 16 heavy (non-hydrogen) atoms. The van der Waals surface area contributed by atoms with Crippen molar-refractivity contribution in [1.29, 1.82) is 0 Å². The summed E-state index contributed by atoms with van der Waals surface area (Å²) in [7, 11) is 0. The quantitative estimate of drug-likeness (QED) is 0.815. The van der Waals surface area contributed by atoms with Crippen LogP contribution in [0.2, 0.25) is 0 Å². The number of nitrogens with two attached hydrogens (primary N) is 1. The van der Waals surface area contributed by atoms with Crippen LogP contribution < -0.4 is 5.73 Å². The van der Waals surface area contributed by atoms with E-state index in [0.29, 0.717) is 12.1 Å². The molecule has 0 aliphatic rings. The normalized spacial score (nSPS) is 15.1. The zero-order valence-electron chi connectivity index (χ0n) is 9.24. The van der Waals surface area contributed by atoms with Gasteiger partial charge in [0.25, 0.3) is 6.43 Å². The van der Waals surface area contributed by atoms with Crippen LogP contribution in [-0.2, 0) is 0 Å². The Labute approximate surface area is 94.1 Å². The van der Waals surface area contributed by atoms with Crippen LogP contribution in [0.15, 0.2) is 24.3 Å². The molecule has 2 nitrogen and oxygen atoms in total. The summed E-state index contributed by atoms with van der Waals surface area (Å²) in [5.74, 6) is -0.0302. The second-order valence-corrected chi connectivity index (χ2v) is 3.82. The van der Waals surface area contributed by atoms with E-state index in [4.69, 9.17) is 5.73 Å². The largest absolute Gasteiger partial charge is 0.388 e. The fourth-order valence-corrected chi connectivity index (χ4v) is 1.63. The molecule has 0 bridgehead atoms. The number of aliphatic hydroxyl groups excluding tert-OH is 1. The molecule has 1 rings (SSSR count). The van der Waals surface area contributed by atoms with Crippen molar-refractivity contribution in [3.8, 4) is 0 Å². The van der Waals surface area contributed by atoms with Crippen molar-refractivity contribution in [3.05, 3.63) is 35.4 Å². The molecule has 1 aromatic rings. The first-order chi connectivity index (χ1) is 7.60. The predicted molar refractivity (Wildman–Crippen MR) is 59.2 cm³/mol. The number of rotatable bonds is 5. The van der Waals surface area contributed by atoms with Gasteiger partial charge in [-0.2, -0.15) is 0 Å². The van der Waals surface area contributed by atoms with Crippen LogP contribution in [-0.4, -0.2) is 11.7 Å². The standard InChI is InChI=1S/C12H17F2NO/c1-2-8(7-15)11(16)9-3-5-10(6-4-9)12(13)14/h3-6,8,11-12,16H,2,7,15H2,1H3. The van der Waals surface area contributed by atoms with E-state index in [1.165, 1.54) is 24.3 Å². The van der Waals surface area contributed by atoms with Crippen LogP contribution in [0.5, 0.6) is 0 Å². The van der Waals surface area contributed by atoms with Crippen LogP contribution in [0.1, 0.15) is 37.0 Å². The molecule has 3 N–H and O–H groups in total. The summed E-state index contributed by atoms with van der Waals surface area (Å²) >= 11 is 0. The first kappa shape index (κ1) is 13.1. The third-order valence-electron chi connectivity index (χ3n) is 2.80. The van der Waals surface area contributed by atoms with Crippen molar-refractivity contribution in [2.24, 2.45) is 11.7 Å². The molecule has 0 saturated carbocycles. The third-order valence-corrected chi connectivity index (χ3v) is 2.80. The number of halogens is 2. The van der Waals surface area contributed by atoms with E-state index < -0.39 is 12.5 Å². The fourth-order valence-electron chi connectivity index (χ4n) is 1.63. The minimum Gasteiger partial charge on any atom is -0.388 e. The zero-order chi connectivity index (χ0) is 12.1. The monoisotopic (exact) mass is 229 g/mol. The van der Waals surface area contributed by atoms with E-state index in [-0.39, 0.29) is 11.5 Å². The highest BCUT2D eigenvalue weighted by molar-refractivity contribution is 5.25. The van der Waals surface area contributed by atoms with E-state index >= 15 is 0 Å². The maximum Gasteiger partial charge on any atom is 0.263 e. The summed E-state index contributed by atoms with van der Waals surface area (Å²) in [5.41, 5.74) is 6.13. The van der Waals surface area contributed by atoms with Gasteiger partial charge in [-0.1, -0.05) is 31.2 Å². The third kappa shape index (κ3) is 3.00. The van der Waals surface area contributed by atoms with Gasteiger partial charge in [0.15, 0.2) is 0 Å². The molecule has 0 aliphatic heterocycles. The van der Waals surface area contributed by atoms with Crippen molar-refractivity contribution in [2.75, 3.05) is 6.54 Å². The number of aliphatic hydroxyl groups is 1. The Bertz CT molecular complexity index is 309. The van der Waals surface area contributed by atoms with Gasteiger partial charge in [0.05, 0.1) is 6.10 Å². The second kappa shape index (κ2) is 5.92. The minimum atomic E-state index is -2.47. The average molecular weight is 229 g/mol. The lowest BCUT2D eigenvalue weighted by Crippen LogP contribution is -2.21. The van der Waals surface area contributed by atoms with Gasteiger partial charge in [0, 0.05) is 11.5 Å². The van der Waals surface area contributed by atoms with Gasteiger partial charge >= 0.3 is 0 Å². The maximum absolute atomic E-state index is 12.3. The molecule has 0 saturated heterocycles. The van der Waals surface area contributed by atoms with Crippen molar-refractivity contribution in [2.45, 2.75) is 25.9 Å². The molecule has 2 unspecified atom stereocenters. The van der Waals surface area contributed by atoms with Gasteiger partial charge in [-0.25, -0.2) is 8.78 Å². The molecule has 0 aromatic heterocycles. The maximum atomic E-state index is 12.3. The van der Waals surface area contributed by atoms with Gasteiger partial charge in [-0.15, -0.1) is 0 Å². The molecule has 90 valence electrons. The van der Waals surface area contributed by atoms with Gasteiger partial charge < -0.3 is 10.8 Å². The number of benzene rings is 1. The summed E-state index contributed by atoms with van der Waals surface area (Å²) in [4.78, 5) is 0. The van der Waals surface area contributed by atoms with Crippen molar-refractivity contribution < 1.29 is 13.9 Å². The highest BCUT2D eigenvalue weighted by atomic mass is 19.3. The SMILES string of the molecule is CCC(CN)C(O)c1ccc(C(F)F)cc1. The van der Waals surface area contributed by atoms with Crippen LogP contribution in [0, 0.1) is 5.92 Å². The molecule has 0 spiro atoms. The molecular weight excluding hydrogens is 212 g/mol. The number of hydrogen-bond acceptors (Lipinski definition) is 2. The highest BCUT2D eigenvalue weighted by Crippen LogP contribution is 2.26. The molecule has 1 aromatic carbocycles. The molecule has 0 amide bonds. The van der Waals surface area contributed by atoms with Crippen LogP contribution in [0.25, 0.3) is 0 Å². The Morgan fingerprint density at radius 3 is 2.06 bits per heavy atom. The Hall–Kier alpha value is -1.00. The van der Waals surface area contributed by atoms with Gasteiger partial charge in [0.1, 0.15) is 0 Å². The van der Waals surface area contributed by atoms with Crippen molar-refractivity contribution in [3.63, 3.8) is 0 Å². The Morgan fingerprint density at radius 2 is 1.69 bits per heavy atom. The van der Waals surface area contributed by atoms with E-state index in [1.54, 1.807) is 0 Å². The molecule has 2 atom stereocenters. The van der Waals surface area contributed by atoms with E-state index in [1.807, 2.05) is 6.92 Å². The fraction of sp³-hybridized carbons (Fsp3) is 0.500. The van der Waals surface area contributed by atoms with Gasteiger partial charge in [0.2, 0.25) is 0 Å². The lowest BCUT2D eigenvalue weighted by molar-refractivity contribution is 0.109. The van der Waals surface area contributed by atoms with E-state index in [9.17, 15) is 13.9 Å². The van der Waals surface area contributed by atoms with Gasteiger partial charge in [-0.3, -0.25) is 0 Å². The Morgan fingerprint density at radius 1 is 1.19 bits per heavy atom. The number of alkyl halides is 2. The predicted octanol–water partition coefficient (Wildman–Crippen LogP) is 2.64. The smallest absolute Gasteiger partial charge is 0.263 e. The summed E-state index contributed by atoms with van der Waals surface area (Å²) < 4.78 is 24.6. The second-order valence-electron chi connectivity index (χ2n) is 3.82. The molecule has 0 radical (unpaired) electrons. The summed E-state index contributed by atoms with van der Waals surface area (Å²) in [5, 5.41) is 9.94. The van der Waals surface area contributed by atoms with Crippen molar-refractivity contribution >= 4 is 0 Å². The highest BCUT2D eigenvalue weighted by Gasteiger charge is 2.18. The average Bonchev–Trinajstić information content (AvgIpc) is 2.30. The zero-order valence-corrected chi connectivity index (χ0v) is 9.24. The first-order valence-corrected chi connectivity index (χ1v) is 5.36. The molecule has 0 heterocycles. The van der Waals surface area contributed by atoms with Gasteiger partial charge in [-0.05, 0) is 18.5 Å². The lowest BCUT2D eigenvalue weighted by atomic mass is 9.93. The van der Waals surface area contributed by atoms with Crippen LogP contribution in [0.3, 0.4) is 0 Å². The lowest BCUT2D eigenvalue weighted by Gasteiger charge is -2.20. The Kier molecular flexibility index (Phi) is 4.83. The molecular formula is C12H17F2NO. The summed E-state index contributed by atoms with van der Waals surface area (Å²) in [6, 6.07) is 5.74. The van der Waals surface area contributed by atoms with Crippen molar-refractivity contribution in [1.82, 2.24) is 0 Å². The minimum absolute atomic E-state index is 0.0302. The van der Waals surface area contributed by atoms with Crippen LogP contribution >= 0.6 is 0 Å².